The van der Waals surface area contributed by atoms with E-state index in [2.05, 4.69) is 27.1 Å². The van der Waals surface area contributed by atoms with Gasteiger partial charge in [-0.25, -0.2) is 25.0 Å². The smallest absolute Gasteiger partial charge is 0.286 e. The zero-order valence-corrected chi connectivity index (χ0v) is 22.3. The maximum absolute atomic E-state index is 13.2. The monoisotopic (exact) mass is 555 g/mol. The second-order valence-electron chi connectivity index (χ2n) is 8.39. The highest BCUT2D eigenvalue weighted by molar-refractivity contribution is 7.91. The van der Waals surface area contributed by atoms with Crippen LogP contribution in [0.25, 0.3) is 21.9 Å². The van der Waals surface area contributed by atoms with Gasteiger partial charge in [-0.3, -0.25) is 14.8 Å². The highest BCUT2D eigenvalue weighted by Gasteiger charge is 2.27. The first kappa shape index (κ1) is 26.7. The first-order chi connectivity index (χ1) is 17.7. The fraction of sp³-hybridized carbons (Fsp3) is 0.269. The Bertz CT molecular complexity index is 1530. The third-order valence-electron chi connectivity index (χ3n) is 5.81. The molecule has 4 rings (SSSR count). The van der Waals surface area contributed by atoms with Crippen LogP contribution < -0.4 is 5.43 Å². The summed E-state index contributed by atoms with van der Waals surface area (Å²) in [7, 11) is -3.08. The molecule has 3 aromatic rings. The molecular weight excluding hydrogens is 533 g/mol. The van der Waals surface area contributed by atoms with Gasteiger partial charge in [0.15, 0.2) is 15.5 Å². The van der Waals surface area contributed by atoms with Gasteiger partial charge in [0.2, 0.25) is 6.54 Å². The molecule has 1 saturated heterocycles. The lowest BCUT2D eigenvalue weighted by Crippen LogP contribution is -2.50. The first-order valence-electron chi connectivity index (χ1n) is 11.4. The number of hydrogen-bond acceptors (Lipinski definition) is 5. The second-order valence-corrected chi connectivity index (χ2v) is 11.5. The minimum absolute atomic E-state index is 0.0144. The van der Waals surface area contributed by atoms with Crippen molar-refractivity contribution < 1.29 is 13.2 Å². The molecule has 0 bridgehead atoms. The number of hydrogen-bond donors (Lipinski definition) is 1. The quantitative estimate of drug-likeness (QED) is 0.289. The van der Waals surface area contributed by atoms with Crippen LogP contribution in [0.4, 0.5) is 0 Å². The zero-order chi connectivity index (χ0) is 26.6. The molecule has 2 heterocycles. The molecule has 1 N–H and O–H groups in total. The summed E-state index contributed by atoms with van der Waals surface area (Å²) < 4.78 is 25.3. The number of carbonyl (C=O) groups excluding carboxylic acids is 1. The molecule has 0 saturated carbocycles. The van der Waals surface area contributed by atoms with Crippen molar-refractivity contribution in [3.63, 3.8) is 0 Å². The number of hydrazine groups is 1. The molecule has 0 atom stereocenters. The van der Waals surface area contributed by atoms with Gasteiger partial charge in [-0.2, -0.15) is 0 Å². The third kappa shape index (κ3) is 6.33. The average molecular weight is 556 g/mol. The number of nitrogens with zero attached hydrogens (tertiary/aromatic N) is 4. The van der Waals surface area contributed by atoms with Crippen molar-refractivity contribution in [2.24, 2.45) is 0 Å². The Balaban J connectivity index is 1.71. The summed E-state index contributed by atoms with van der Waals surface area (Å²) in [5.41, 5.74) is 5.71. The van der Waals surface area contributed by atoms with E-state index in [0.29, 0.717) is 40.1 Å². The van der Waals surface area contributed by atoms with E-state index < -0.39 is 15.7 Å². The van der Waals surface area contributed by atoms with Gasteiger partial charge in [0.05, 0.1) is 28.6 Å². The van der Waals surface area contributed by atoms with Crippen LogP contribution in [-0.4, -0.2) is 60.0 Å². The van der Waals surface area contributed by atoms with E-state index in [4.69, 9.17) is 29.8 Å². The van der Waals surface area contributed by atoms with E-state index in [1.165, 1.54) is 0 Å². The standard InChI is InChI=1S/C26H23Cl2N5O3S/c1-18-24(26(34)31-32-13-15-37(35,36)16-14-32)30-25(22-11-8-20(27)17-23(22)28)33(18)21-9-6-19(7-10-21)5-3-4-12-29-2/h6-11,17H,4,12-16H2,1H3,(H,31,34). The van der Waals surface area contributed by atoms with E-state index in [0.717, 1.165) is 11.3 Å². The van der Waals surface area contributed by atoms with Crippen molar-refractivity contribution in [2.75, 3.05) is 31.1 Å². The number of imidazole rings is 1. The lowest BCUT2D eigenvalue weighted by atomic mass is 10.1. The van der Waals surface area contributed by atoms with Gasteiger partial charge < -0.3 is 4.85 Å². The lowest BCUT2D eigenvalue weighted by Gasteiger charge is -2.26. The minimum Gasteiger partial charge on any atom is -0.316 e. The molecule has 1 aromatic heterocycles. The van der Waals surface area contributed by atoms with Crippen molar-refractivity contribution >= 4 is 38.9 Å². The Morgan fingerprint density at radius 2 is 1.86 bits per heavy atom. The van der Waals surface area contributed by atoms with E-state index in [9.17, 15) is 13.2 Å². The van der Waals surface area contributed by atoms with Crippen molar-refractivity contribution in [1.29, 1.82) is 0 Å². The summed E-state index contributed by atoms with van der Waals surface area (Å²) in [6.07, 6.45) is 0.506. The average Bonchev–Trinajstić information content (AvgIpc) is 3.20. The number of sulfone groups is 1. The van der Waals surface area contributed by atoms with Gasteiger partial charge in [0, 0.05) is 34.9 Å². The highest BCUT2D eigenvalue weighted by Crippen LogP contribution is 2.33. The Hall–Kier alpha value is -3.34. The van der Waals surface area contributed by atoms with Crippen LogP contribution in [0.2, 0.25) is 10.0 Å². The molecule has 11 heteroatoms. The number of halogens is 2. The highest BCUT2D eigenvalue weighted by atomic mass is 35.5. The van der Waals surface area contributed by atoms with Crippen molar-refractivity contribution in [3.05, 3.63) is 80.9 Å². The predicted molar refractivity (Wildman–Crippen MR) is 144 cm³/mol. The molecule has 1 aliphatic heterocycles. The van der Waals surface area contributed by atoms with Gasteiger partial charge in [-0.15, -0.1) is 0 Å². The van der Waals surface area contributed by atoms with E-state index in [1.54, 1.807) is 30.1 Å². The molecule has 0 unspecified atom stereocenters. The largest absolute Gasteiger partial charge is 0.316 e. The molecule has 0 radical (unpaired) electrons. The van der Waals surface area contributed by atoms with Gasteiger partial charge in [0.25, 0.3) is 5.91 Å². The Morgan fingerprint density at radius 3 is 2.51 bits per heavy atom. The Labute approximate surface area is 225 Å². The van der Waals surface area contributed by atoms with E-state index >= 15 is 0 Å². The molecule has 0 spiro atoms. The van der Waals surface area contributed by atoms with Crippen molar-refractivity contribution in [1.82, 2.24) is 20.0 Å². The topological polar surface area (TPSA) is 88.7 Å². The third-order valence-corrected chi connectivity index (χ3v) is 7.96. The maximum Gasteiger partial charge on any atom is 0.286 e. The number of amides is 1. The molecule has 1 amide bonds. The number of nitrogens with one attached hydrogen (secondary N) is 1. The molecule has 2 aromatic carbocycles. The molecular formula is C26H23Cl2N5O3S. The van der Waals surface area contributed by atoms with Gasteiger partial charge in [0.1, 0.15) is 5.82 Å². The van der Waals surface area contributed by atoms with Gasteiger partial charge in [-0.1, -0.05) is 35.0 Å². The van der Waals surface area contributed by atoms with Crippen LogP contribution in [0.1, 0.15) is 28.2 Å². The fourth-order valence-corrected chi connectivity index (χ4v) is 5.57. The lowest BCUT2D eigenvalue weighted by molar-refractivity contribution is 0.0796. The van der Waals surface area contributed by atoms with E-state index in [-0.39, 0.29) is 30.3 Å². The SMILES string of the molecule is [C-]#[N+]CCC#Cc1ccc(-n2c(-c3ccc(Cl)cc3Cl)nc(C(=O)NN3CCS(=O)(=O)CC3)c2C)cc1. The number of carbonyl (C=O) groups is 1. The Morgan fingerprint density at radius 1 is 1.16 bits per heavy atom. The van der Waals surface area contributed by atoms with Crippen LogP contribution >= 0.6 is 23.2 Å². The van der Waals surface area contributed by atoms with Crippen LogP contribution in [0.5, 0.6) is 0 Å². The van der Waals surface area contributed by atoms with Crippen LogP contribution in [0.3, 0.4) is 0 Å². The number of aromatic nitrogens is 2. The number of rotatable bonds is 5. The summed E-state index contributed by atoms with van der Waals surface area (Å²) in [6, 6.07) is 12.5. The summed E-state index contributed by atoms with van der Waals surface area (Å²) in [4.78, 5) is 21.2. The summed E-state index contributed by atoms with van der Waals surface area (Å²) in [5.74, 6) is 6.01. The molecule has 8 nitrogen and oxygen atoms in total. The van der Waals surface area contributed by atoms with Crippen molar-refractivity contribution in [2.45, 2.75) is 13.3 Å². The molecule has 190 valence electrons. The van der Waals surface area contributed by atoms with Crippen molar-refractivity contribution in [3.8, 4) is 28.9 Å². The molecule has 37 heavy (non-hydrogen) atoms. The fourth-order valence-electron chi connectivity index (χ4n) is 3.88. The summed E-state index contributed by atoms with van der Waals surface area (Å²) in [6.45, 7) is 9.41. The van der Waals surface area contributed by atoms with Gasteiger partial charge >= 0.3 is 0 Å². The zero-order valence-electron chi connectivity index (χ0n) is 20.0. The Kier molecular flexibility index (Phi) is 8.21. The summed E-state index contributed by atoms with van der Waals surface area (Å²) in [5, 5.41) is 2.45. The van der Waals surface area contributed by atoms with Gasteiger partial charge in [-0.05, 0) is 49.4 Å². The predicted octanol–water partition coefficient (Wildman–Crippen LogP) is 4.19. The number of benzene rings is 2. The normalized spacial score (nSPS) is 14.9. The molecule has 1 aliphatic rings. The summed E-state index contributed by atoms with van der Waals surface area (Å²) >= 11 is 12.6. The first-order valence-corrected chi connectivity index (χ1v) is 14.0. The minimum atomic E-state index is -3.08. The van der Waals surface area contributed by atoms with Crippen LogP contribution in [0, 0.1) is 25.3 Å². The molecule has 1 fully saturated rings. The molecule has 0 aliphatic carbocycles. The second kappa shape index (κ2) is 11.4. The van der Waals surface area contributed by atoms with E-state index in [1.807, 2.05) is 28.8 Å². The van der Waals surface area contributed by atoms with Crippen LogP contribution in [0.15, 0.2) is 42.5 Å². The van der Waals surface area contributed by atoms with Crippen LogP contribution in [-0.2, 0) is 9.84 Å². The maximum atomic E-state index is 13.2.